The number of nitrogens with zero attached hydrogens (tertiary/aromatic N) is 3. The lowest BCUT2D eigenvalue weighted by Gasteiger charge is -2.09. The Balaban J connectivity index is 2.44. The summed E-state index contributed by atoms with van der Waals surface area (Å²) in [4.78, 5) is 25.7. The molecule has 0 aliphatic heterocycles. The van der Waals surface area contributed by atoms with Crippen molar-refractivity contribution in [2.75, 3.05) is 0 Å². The smallest absolute Gasteiger partial charge is 0.278 e. The van der Waals surface area contributed by atoms with Gasteiger partial charge in [0.25, 0.3) is 5.69 Å². The van der Waals surface area contributed by atoms with Gasteiger partial charge in [0.05, 0.1) is 28.4 Å². The third-order valence-corrected chi connectivity index (χ3v) is 3.06. The molecule has 2 heterocycles. The Hall–Kier alpha value is -2.50. The monoisotopic (exact) mass is 259 g/mol. The van der Waals surface area contributed by atoms with Crippen molar-refractivity contribution in [2.24, 2.45) is 0 Å². The summed E-state index contributed by atoms with van der Waals surface area (Å²) in [7, 11) is 0. The van der Waals surface area contributed by atoms with Gasteiger partial charge in [0, 0.05) is 18.0 Å². The molecule has 6 heteroatoms. The minimum absolute atomic E-state index is 0.0878. The quantitative estimate of drug-likeness (QED) is 0.479. The first-order valence-corrected chi connectivity index (χ1v) is 5.74. The molecule has 2 aromatic rings. The maximum Gasteiger partial charge on any atom is 0.278 e. The average Bonchev–Trinajstić information content (AvgIpc) is 2.79. The molecule has 0 atom stereocenters. The standard InChI is InChI=1S/C13H13N3O3/c1-9-6-14-12(10(2)13(9)16(18)19)7-15-5-3-4-11(15)8-17/h3-6,8H,7H2,1-2H3. The minimum Gasteiger partial charge on any atom is -0.339 e. The van der Waals surface area contributed by atoms with E-state index in [0.29, 0.717) is 29.1 Å². The molecule has 0 aliphatic carbocycles. The van der Waals surface area contributed by atoms with Gasteiger partial charge in [-0.3, -0.25) is 19.9 Å². The molecular formula is C13H13N3O3. The van der Waals surface area contributed by atoms with Crippen molar-refractivity contribution in [1.29, 1.82) is 0 Å². The van der Waals surface area contributed by atoms with Crippen molar-refractivity contribution < 1.29 is 9.72 Å². The van der Waals surface area contributed by atoms with E-state index in [0.717, 1.165) is 6.29 Å². The largest absolute Gasteiger partial charge is 0.339 e. The lowest BCUT2D eigenvalue weighted by atomic mass is 10.1. The Morgan fingerprint density at radius 2 is 2.21 bits per heavy atom. The number of aryl methyl sites for hydroxylation is 1. The van der Waals surface area contributed by atoms with E-state index in [4.69, 9.17) is 0 Å². The topological polar surface area (TPSA) is 78.0 Å². The molecule has 0 spiro atoms. The molecule has 0 radical (unpaired) electrons. The van der Waals surface area contributed by atoms with Crippen LogP contribution in [0.5, 0.6) is 0 Å². The Morgan fingerprint density at radius 1 is 1.47 bits per heavy atom. The van der Waals surface area contributed by atoms with Gasteiger partial charge >= 0.3 is 0 Å². The maximum atomic E-state index is 11.0. The number of carbonyl (C=O) groups excluding carboxylic acids is 1. The molecule has 6 nitrogen and oxygen atoms in total. The average molecular weight is 259 g/mol. The highest BCUT2D eigenvalue weighted by Gasteiger charge is 2.19. The van der Waals surface area contributed by atoms with E-state index in [1.54, 1.807) is 36.7 Å². The SMILES string of the molecule is Cc1cnc(Cn2cccc2C=O)c(C)c1[N+](=O)[O-]. The third kappa shape index (κ3) is 2.37. The van der Waals surface area contributed by atoms with E-state index in [1.165, 1.54) is 6.20 Å². The Labute approximate surface area is 109 Å². The zero-order valence-corrected chi connectivity index (χ0v) is 10.7. The normalized spacial score (nSPS) is 10.4. The number of pyridine rings is 1. The van der Waals surface area contributed by atoms with Crippen molar-refractivity contribution in [1.82, 2.24) is 9.55 Å². The van der Waals surface area contributed by atoms with E-state index in [2.05, 4.69) is 4.98 Å². The number of hydrogen-bond donors (Lipinski definition) is 0. The van der Waals surface area contributed by atoms with Crippen LogP contribution >= 0.6 is 0 Å². The highest BCUT2D eigenvalue weighted by atomic mass is 16.6. The maximum absolute atomic E-state index is 11.0. The summed E-state index contributed by atoms with van der Waals surface area (Å²) in [5, 5.41) is 11.0. The number of aldehydes is 1. The summed E-state index contributed by atoms with van der Waals surface area (Å²) in [6.07, 6.45) is 3.99. The fourth-order valence-corrected chi connectivity index (χ4v) is 2.05. The first-order valence-electron chi connectivity index (χ1n) is 5.74. The van der Waals surface area contributed by atoms with E-state index in [9.17, 15) is 14.9 Å². The van der Waals surface area contributed by atoms with Gasteiger partial charge in [0.15, 0.2) is 6.29 Å². The van der Waals surface area contributed by atoms with Crippen molar-refractivity contribution in [3.8, 4) is 0 Å². The molecule has 0 unspecified atom stereocenters. The number of aromatic nitrogens is 2. The summed E-state index contributed by atoms with van der Waals surface area (Å²) in [5.74, 6) is 0. The van der Waals surface area contributed by atoms with Crippen LogP contribution in [0.15, 0.2) is 24.5 Å². The summed E-state index contributed by atoms with van der Waals surface area (Å²) in [6.45, 7) is 3.68. The minimum atomic E-state index is -0.397. The summed E-state index contributed by atoms with van der Waals surface area (Å²) in [5.41, 5.74) is 2.27. The molecule has 0 saturated carbocycles. The van der Waals surface area contributed by atoms with Crippen LogP contribution in [0.3, 0.4) is 0 Å². The molecular weight excluding hydrogens is 246 g/mol. The van der Waals surface area contributed by atoms with Crippen molar-refractivity contribution in [2.45, 2.75) is 20.4 Å². The third-order valence-electron chi connectivity index (χ3n) is 3.06. The van der Waals surface area contributed by atoms with Crippen LogP contribution in [0.25, 0.3) is 0 Å². The van der Waals surface area contributed by atoms with Crippen molar-refractivity contribution >= 4 is 12.0 Å². The van der Waals surface area contributed by atoms with Crippen molar-refractivity contribution in [3.05, 3.63) is 57.2 Å². The Kier molecular flexibility index (Phi) is 3.41. The number of rotatable bonds is 4. The molecule has 0 saturated heterocycles. The molecule has 2 aromatic heterocycles. The predicted molar refractivity (Wildman–Crippen MR) is 69.3 cm³/mol. The molecule has 0 N–H and O–H groups in total. The number of carbonyl (C=O) groups is 1. The van der Waals surface area contributed by atoms with Crippen LogP contribution in [-0.4, -0.2) is 20.8 Å². The lowest BCUT2D eigenvalue weighted by Crippen LogP contribution is -2.08. The van der Waals surface area contributed by atoms with Gasteiger partial charge in [0.1, 0.15) is 0 Å². The zero-order chi connectivity index (χ0) is 14.0. The van der Waals surface area contributed by atoms with E-state index < -0.39 is 4.92 Å². The molecule has 0 bridgehead atoms. The molecule has 0 aromatic carbocycles. The van der Waals surface area contributed by atoms with Crippen LogP contribution < -0.4 is 0 Å². The zero-order valence-electron chi connectivity index (χ0n) is 10.7. The van der Waals surface area contributed by atoms with Gasteiger partial charge in [-0.15, -0.1) is 0 Å². The molecule has 0 fully saturated rings. The van der Waals surface area contributed by atoms with Crippen LogP contribution in [0, 0.1) is 24.0 Å². The molecule has 2 rings (SSSR count). The molecule has 98 valence electrons. The van der Waals surface area contributed by atoms with Crippen molar-refractivity contribution in [3.63, 3.8) is 0 Å². The van der Waals surface area contributed by atoms with Crippen LogP contribution in [0.4, 0.5) is 5.69 Å². The van der Waals surface area contributed by atoms with Gasteiger partial charge in [-0.2, -0.15) is 0 Å². The second-order valence-corrected chi connectivity index (χ2v) is 4.30. The first kappa shape index (κ1) is 12.9. The van der Waals surface area contributed by atoms with Gasteiger partial charge in [0.2, 0.25) is 0 Å². The van der Waals surface area contributed by atoms with E-state index >= 15 is 0 Å². The summed E-state index contributed by atoms with van der Waals surface area (Å²) < 4.78 is 1.71. The first-order chi connectivity index (χ1) is 9.04. The second kappa shape index (κ2) is 5.01. The molecule has 19 heavy (non-hydrogen) atoms. The van der Waals surface area contributed by atoms with Gasteiger partial charge in [-0.05, 0) is 26.0 Å². The van der Waals surface area contributed by atoms with Gasteiger partial charge < -0.3 is 4.57 Å². The van der Waals surface area contributed by atoms with Gasteiger partial charge in [-0.1, -0.05) is 0 Å². The lowest BCUT2D eigenvalue weighted by molar-refractivity contribution is -0.386. The second-order valence-electron chi connectivity index (χ2n) is 4.30. The van der Waals surface area contributed by atoms with Gasteiger partial charge in [-0.25, -0.2) is 0 Å². The van der Waals surface area contributed by atoms with Crippen LogP contribution in [0.2, 0.25) is 0 Å². The van der Waals surface area contributed by atoms with Crippen LogP contribution in [-0.2, 0) is 6.54 Å². The van der Waals surface area contributed by atoms with Crippen LogP contribution in [0.1, 0.15) is 27.3 Å². The fraction of sp³-hybridized carbons (Fsp3) is 0.231. The predicted octanol–water partition coefficient (Wildman–Crippen LogP) is 2.27. The highest BCUT2D eigenvalue weighted by molar-refractivity contribution is 5.72. The Morgan fingerprint density at radius 3 is 2.84 bits per heavy atom. The molecule has 0 aliphatic rings. The number of hydrogen-bond acceptors (Lipinski definition) is 4. The fourth-order valence-electron chi connectivity index (χ4n) is 2.05. The highest BCUT2D eigenvalue weighted by Crippen LogP contribution is 2.24. The van der Waals surface area contributed by atoms with E-state index in [1.807, 2.05) is 0 Å². The summed E-state index contributed by atoms with van der Waals surface area (Å²) >= 11 is 0. The summed E-state index contributed by atoms with van der Waals surface area (Å²) in [6, 6.07) is 3.44. The Bertz CT molecular complexity index is 647. The molecule has 0 amide bonds. The number of nitro groups is 1. The van der Waals surface area contributed by atoms with E-state index in [-0.39, 0.29) is 5.69 Å².